The van der Waals surface area contributed by atoms with Crippen molar-refractivity contribution >= 4 is 5.91 Å². The van der Waals surface area contributed by atoms with Gasteiger partial charge < -0.3 is 10.6 Å². The Morgan fingerprint density at radius 1 is 1.29 bits per heavy atom. The smallest absolute Gasteiger partial charge is 0.222 e. The van der Waals surface area contributed by atoms with E-state index in [1.54, 1.807) is 0 Å². The molecule has 2 atom stereocenters. The Morgan fingerprint density at radius 2 is 2.06 bits per heavy atom. The predicted octanol–water partition coefficient (Wildman–Crippen LogP) is 2.32. The fourth-order valence-corrected chi connectivity index (χ4v) is 2.51. The largest absolute Gasteiger partial charge is 0.355 e. The number of nitrogens with one attached hydrogen (secondary N) is 2. The molecule has 1 fully saturated rings. The number of carbonyl (C=O) groups excluding carboxylic acids is 1. The molecule has 1 aliphatic carbocycles. The van der Waals surface area contributed by atoms with Gasteiger partial charge in [0, 0.05) is 25.0 Å². The quantitative estimate of drug-likeness (QED) is 0.700. The number of carbonyl (C=O) groups is 1. The minimum atomic E-state index is 0.0918. The molecule has 0 aromatic carbocycles. The normalized spacial score (nSPS) is 24.9. The summed E-state index contributed by atoms with van der Waals surface area (Å²) in [6.45, 7) is 7.80. The molecule has 1 saturated carbocycles. The van der Waals surface area contributed by atoms with Crippen LogP contribution >= 0.6 is 0 Å². The second-order valence-corrected chi connectivity index (χ2v) is 5.54. The minimum Gasteiger partial charge on any atom is -0.355 e. The molecule has 0 spiro atoms. The molecule has 3 heteroatoms. The van der Waals surface area contributed by atoms with Crippen LogP contribution < -0.4 is 10.6 Å². The number of hydrogen-bond acceptors (Lipinski definition) is 2. The zero-order valence-corrected chi connectivity index (χ0v) is 11.6. The highest BCUT2D eigenvalue weighted by molar-refractivity contribution is 5.77. The van der Waals surface area contributed by atoms with Crippen molar-refractivity contribution in [2.45, 2.75) is 58.9 Å². The topological polar surface area (TPSA) is 41.1 Å². The lowest BCUT2D eigenvalue weighted by Gasteiger charge is -2.29. The highest BCUT2D eigenvalue weighted by atomic mass is 16.1. The zero-order chi connectivity index (χ0) is 12.7. The third-order valence-corrected chi connectivity index (χ3v) is 3.74. The van der Waals surface area contributed by atoms with E-state index in [4.69, 9.17) is 0 Å². The van der Waals surface area contributed by atoms with Crippen molar-refractivity contribution in [3.05, 3.63) is 0 Å². The molecule has 0 heterocycles. The molecule has 1 amide bonds. The van der Waals surface area contributed by atoms with Gasteiger partial charge in [0.15, 0.2) is 0 Å². The summed E-state index contributed by atoms with van der Waals surface area (Å²) in [6.07, 6.45) is 6.68. The second-order valence-electron chi connectivity index (χ2n) is 5.54. The zero-order valence-electron chi connectivity index (χ0n) is 11.6. The van der Waals surface area contributed by atoms with Gasteiger partial charge in [-0.1, -0.05) is 40.0 Å². The van der Waals surface area contributed by atoms with Crippen molar-refractivity contribution < 1.29 is 4.79 Å². The summed E-state index contributed by atoms with van der Waals surface area (Å²) in [5.74, 6) is 1.16. The van der Waals surface area contributed by atoms with Gasteiger partial charge in [-0.25, -0.2) is 0 Å². The maximum Gasteiger partial charge on any atom is 0.222 e. The molecule has 0 saturated heterocycles. The Labute approximate surface area is 106 Å². The average molecular weight is 240 g/mol. The fraction of sp³-hybridized carbons (Fsp3) is 0.929. The van der Waals surface area contributed by atoms with Crippen LogP contribution in [-0.2, 0) is 4.79 Å². The predicted molar refractivity (Wildman–Crippen MR) is 71.9 cm³/mol. The first-order chi connectivity index (χ1) is 8.13. The molecular weight excluding hydrogens is 212 g/mol. The fourth-order valence-electron chi connectivity index (χ4n) is 2.51. The van der Waals surface area contributed by atoms with E-state index in [-0.39, 0.29) is 11.8 Å². The third-order valence-electron chi connectivity index (χ3n) is 3.74. The van der Waals surface area contributed by atoms with Crippen LogP contribution in [-0.4, -0.2) is 25.0 Å². The first-order valence-electron chi connectivity index (χ1n) is 7.14. The van der Waals surface area contributed by atoms with Crippen molar-refractivity contribution in [3.63, 3.8) is 0 Å². The van der Waals surface area contributed by atoms with E-state index in [9.17, 15) is 4.79 Å². The van der Waals surface area contributed by atoms with Gasteiger partial charge in [0.25, 0.3) is 0 Å². The van der Waals surface area contributed by atoms with E-state index in [0.29, 0.717) is 6.04 Å². The third kappa shape index (κ3) is 5.53. The molecule has 100 valence electrons. The summed E-state index contributed by atoms with van der Waals surface area (Å²) >= 11 is 0. The molecule has 0 radical (unpaired) electrons. The lowest BCUT2D eigenvalue weighted by molar-refractivity contribution is -0.123. The van der Waals surface area contributed by atoms with Gasteiger partial charge in [0.05, 0.1) is 0 Å². The summed E-state index contributed by atoms with van der Waals surface area (Å²) in [6, 6.07) is 0.671. The highest BCUT2D eigenvalue weighted by Crippen LogP contribution is 2.26. The summed E-state index contributed by atoms with van der Waals surface area (Å²) in [7, 11) is 0. The van der Waals surface area contributed by atoms with Gasteiger partial charge in [-0.3, -0.25) is 4.79 Å². The Hall–Kier alpha value is -0.570. The van der Waals surface area contributed by atoms with E-state index in [1.807, 2.05) is 13.8 Å². The number of rotatable bonds is 6. The van der Waals surface area contributed by atoms with Crippen LogP contribution in [0.1, 0.15) is 52.9 Å². The number of hydrogen-bond donors (Lipinski definition) is 2. The van der Waals surface area contributed by atoms with Gasteiger partial charge in [0.1, 0.15) is 0 Å². The minimum absolute atomic E-state index is 0.0918. The van der Waals surface area contributed by atoms with Gasteiger partial charge in [-0.15, -0.1) is 0 Å². The molecular formula is C14H28N2O. The summed E-state index contributed by atoms with van der Waals surface area (Å²) in [5, 5.41) is 6.51. The molecule has 17 heavy (non-hydrogen) atoms. The van der Waals surface area contributed by atoms with Crippen LogP contribution in [0.5, 0.6) is 0 Å². The van der Waals surface area contributed by atoms with Crippen LogP contribution in [0.2, 0.25) is 0 Å². The maximum atomic E-state index is 11.4. The molecule has 0 aliphatic heterocycles. The Morgan fingerprint density at radius 3 is 2.71 bits per heavy atom. The molecule has 1 aliphatic rings. The average Bonchev–Trinajstić information content (AvgIpc) is 2.34. The monoisotopic (exact) mass is 240 g/mol. The summed E-state index contributed by atoms with van der Waals surface area (Å²) in [4.78, 5) is 11.4. The van der Waals surface area contributed by atoms with Crippen LogP contribution in [0.4, 0.5) is 0 Å². The molecule has 2 N–H and O–H groups in total. The summed E-state index contributed by atoms with van der Waals surface area (Å²) in [5.41, 5.74) is 0. The first kappa shape index (κ1) is 14.5. The highest BCUT2D eigenvalue weighted by Gasteiger charge is 2.19. The molecule has 2 unspecified atom stereocenters. The first-order valence-corrected chi connectivity index (χ1v) is 7.14. The summed E-state index contributed by atoms with van der Waals surface area (Å²) < 4.78 is 0. The van der Waals surface area contributed by atoms with Crippen LogP contribution in [0.3, 0.4) is 0 Å². The Balaban J connectivity index is 2.08. The van der Waals surface area contributed by atoms with E-state index in [2.05, 4.69) is 17.6 Å². The molecule has 1 rings (SSSR count). The van der Waals surface area contributed by atoms with E-state index < -0.39 is 0 Å². The van der Waals surface area contributed by atoms with Crippen molar-refractivity contribution in [3.8, 4) is 0 Å². The van der Waals surface area contributed by atoms with E-state index in [1.165, 1.54) is 32.1 Å². The van der Waals surface area contributed by atoms with Gasteiger partial charge >= 0.3 is 0 Å². The van der Waals surface area contributed by atoms with Gasteiger partial charge in [-0.2, -0.15) is 0 Å². The van der Waals surface area contributed by atoms with E-state index in [0.717, 1.165) is 19.0 Å². The van der Waals surface area contributed by atoms with Crippen LogP contribution in [0.15, 0.2) is 0 Å². The van der Waals surface area contributed by atoms with Crippen molar-refractivity contribution in [1.82, 2.24) is 10.6 Å². The maximum absolute atomic E-state index is 11.4. The van der Waals surface area contributed by atoms with Crippen LogP contribution in [0, 0.1) is 11.8 Å². The molecule has 0 aromatic heterocycles. The van der Waals surface area contributed by atoms with Crippen molar-refractivity contribution in [1.29, 1.82) is 0 Å². The Kier molecular flexibility index (Phi) is 6.56. The Bertz CT molecular complexity index is 228. The van der Waals surface area contributed by atoms with E-state index >= 15 is 0 Å². The lowest BCUT2D eigenvalue weighted by atomic mass is 9.84. The van der Waals surface area contributed by atoms with Gasteiger partial charge in [0.2, 0.25) is 5.91 Å². The standard InChI is InChI=1S/C14H28N2O/c1-4-12-6-5-7-13(10-12)15-8-9-16-14(17)11(2)3/h11-13,15H,4-10H2,1-3H3,(H,16,17). The second kappa shape index (κ2) is 7.70. The van der Waals surface area contributed by atoms with Crippen molar-refractivity contribution in [2.24, 2.45) is 11.8 Å². The molecule has 0 aromatic rings. The molecule has 3 nitrogen and oxygen atoms in total. The SMILES string of the molecule is CCC1CCCC(NCCNC(=O)C(C)C)C1. The van der Waals surface area contributed by atoms with Crippen molar-refractivity contribution in [2.75, 3.05) is 13.1 Å². The molecule has 0 bridgehead atoms. The lowest BCUT2D eigenvalue weighted by Crippen LogP contribution is -2.40. The number of amides is 1. The van der Waals surface area contributed by atoms with Gasteiger partial charge in [-0.05, 0) is 18.8 Å². The van der Waals surface area contributed by atoms with Crippen LogP contribution in [0.25, 0.3) is 0 Å².